The monoisotopic (exact) mass is 370 g/mol. The van der Waals surface area contributed by atoms with E-state index in [9.17, 15) is 13.2 Å². The lowest BCUT2D eigenvalue weighted by Crippen LogP contribution is -2.33. The predicted octanol–water partition coefficient (Wildman–Crippen LogP) is 2.64. The van der Waals surface area contributed by atoms with Crippen molar-refractivity contribution in [3.05, 3.63) is 64.2 Å². The van der Waals surface area contributed by atoms with E-state index < -0.39 is 10.0 Å². The molecule has 0 unspecified atom stereocenters. The van der Waals surface area contributed by atoms with E-state index in [1.165, 1.54) is 11.6 Å². The lowest BCUT2D eigenvalue weighted by molar-refractivity contribution is 0.0945. The minimum absolute atomic E-state index is 0.146. The van der Waals surface area contributed by atoms with Crippen LogP contribution in [0.1, 0.15) is 51.5 Å². The molecule has 4 rings (SSSR count). The van der Waals surface area contributed by atoms with Crippen LogP contribution in [-0.2, 0) is 22.9 Å². The van der Waals surface area contributed by atoms with Gasteiger partial charge in [0.1, 0.15) is 0 Å². The third kappa shape index (κ3) is 3.15. The van der Waals surface area contributed by atoms with Gasteiger partial charge in [-0.3, -0.25) is 4.79 Å². The summed E-state index contributed by atoms with van der Waals surface area (Å²) in [5, 5.41) is 2.76. The lowest BCUT2D eigenvalue weighted by atomic mass is 9.87. The van der Waals surface area contributed by atoms with E-state index in [4.69, 9.17) is 0 Å². The number of nitrogens with one attached hydrogen (secondary N) is 2. The van der Waals surface area contributed by atoms with Crippen molar-refractivity contribution >= 4 is 15.9 Å². The van der Waals surface area contributed by atoms with Gasteiger partial charge in [-0.1, -0.05) is 29.8 Å². The topological polar surface area (TPSA) is 75.3 Å². The van der Waals surface area contributed by atoms with Crippen molar-refractivity contribution < 1.29 is 13.2 Å². The number of sulfonamides is 1. The van der Waals surface area contributed by atoms with Gasteiger partial charge in [-0.2, -0.15) is 0 Å². The van der Waals surface area contributed by atoms with Crippen molar-refractivity contribution in [1.29, 1.82) is 0 Å². The first-order valence-electron chi connectivity index (χ1n) is 8.97. The molecule has 1 amide bonds. The molecular formula is C20H22N2O3S. The molecule has 0 saturated carbocycles. The van der Waals surface area contributed by atoms with Crippen LogP contribution >= 0.6 is 0 Å². The maximum atomic E-state index is 12.9. The average Bonchev–Trinajstić information content (AvgIpc) is 2.62. The number of rotatable bonds is 3. The summed E-state index contributed by atoms with van der Waals surface area (Å²) in [5.74, 6) is -0.207. The molecule has 136 valence electrons. The van der Waals surface area contributed by atoms with E-state index in [1.54, 1.807) is 12.1 Å². The molecule has 6 heteroatoms. The summed E-state index contributed by atoms with van der Waals surface area (Å²) in [4.78, 5) is 12.2. The largest absolute Gasteiger partial charge is 0.352 e. The number of carbonyl (C=O) groups excluding carboxylic acids is 1. The second-order valence-corrected chi connectivity index (χ2v) is 8.81. The molecule has 1 aliphatic carbocycles. The molecule has 2 aromatic rings. The Hall–Kier alpha value is -2.18. The molecule has 5 nitrogen and oxygen atoms in total. The summed E-state index contributed by atoms with van der Waals surface area (Å²) in [6.07, 6.45) is 3.44. The number of hydrogen-bond acceptors (Lipinski definition) is 3. The summed E-state index contributed by atoms with van der Waals surface area (Å²) in [5.41, 5.74) is 4.75. The molecule has 0 radical (unpaired) electrons. The van der Waals surface area contributed by atoms with Gasteiger partial charge >= 0.3 is 0 Å². The molecule has 2 aromatic carbocycles. The third-order valence-corrected chi connectivity index (χ3v) is 6.70. The van der Waals surface area contributed by atoms with Crippen LogP contribution in [-0.4, -0.2) is 20.9 Å². The van der Waals surface area contributed by atoms with Gasteiger partial charge < -0.3 is 5.32 Å². The van der Waals surface area contributed by atoms with E-state index in [1.807, 2.05) is 6.92 Å². The van der Waals surface area contributed by atoms with E-state index in [2.05, 4.69) is 28.2 Å². The van der Waals surface area contributed by atoms with Gasteiger partial charge in [0.25, 0.3) is 5.91 Å². The maximum absolute atomic E-state index is 12.9. The molecule has 1 atom stereocenters. The Morgan fingerprint density at radius 3 is 2.73 bits per heavy atom. The van der Waals surface area contributed by atoms with Crippen molar-refractivity contribution in [3.8, 4) is 0 Å². The average molecular weight is 370 g/mol. The van der Waals surface area contributed by atoms with Crippen LogP contribution in [0.5, 0.6) is 0 Å². The first-order chi connectivity index (χ1) is 12.4. The zero-order valence-electron chi connectivity index (χ0n) is 14.7. The molecule has 2 aliphatic rings. The zero-order valence-corrected chi connectivity index (χ0v) is 15.5. The highest BCUT2D eigenvalue weighted by Crippen LogP contribution is 2.32. The second kappa shape index (κ2) is 6.52. The summed E-state index contributed by atoms with van der Waals surface area (Å²) in [7, 11) is -3.70. The van der Waals surface area contributed by atoms with Gasteiger partial charge in [-0.15, -0.1) is 0 Å². The fourth-order valence-electron chi connectivity index (χ4n) is 3.85. The fourth-order valence-corrected chi connectivity index (χ4v) is 5.13. The highest BCUT2D eigenvalue weighted by atomic mass is 32.2. The third-order valence-electron chi connectivity index (χ3n) is 5.23. The normalized spacial score (nSPS) is 19.4. The van der Waals surface area contributed by atoms with Crippen molar-refractivity contribution in [1.82, 2.24) is 10.0 Å². The van der Waals surface area contributed by atoms with Crippen molar-refractivity contribution in [2.45, 2.75) is 43.5 Å². The summed E-state index contributed by atoms with van der Waals surface area (Å²) >= 11 is 0. The molecule has 1 heterocycles. The highest BCUT2D eigenvalue weighted by Gasteiger charge is 2.27. The number of hydrogen-bond donors (Lipinski definition) is 2. The van der Waals surface area contributed by atoms with Crippen LogP contribution in [0.25, 0.3) is 0 Å². The number of aryl methyl sites for hydroxylation is 2. The van der Waals surface area contributed by atoms with Crippen LogP contribution in [0, 0.1) is 6.92 Å². The molecule has 0 saturated heterocycles. The Kier molecular flexibility index (Phi) is 4.32. The van der Waals surface area contributed by atoms with E-state index in [0.29, 0.717) is 12.1 Å². The Bertz CT molecular complexity index is 983. The Balaban J connectivity index is 1.66. The smallest absolute Gasteiger partial charge is 0.251 e. The van der Waals surface area contributed by atoms with Gasteiger partial charge in [0, 0.05) is 18.2 Å². The predicted molar refractivity (Wildman–Crippen MR) is 99.7 cm³/mol. The van der Waals surface area contributed by atoms with Crippen LogP contribution in [0.2, 0.25) is 0 Å². The minimum atomic E-state index is -3.70. The van der Waals surface area contributed by atoms with Crippen molar-refractivity contribution in [2.24, 2.45) is 0 Å². The van der Waals surface area contributed by atoms with Crippen molar-refractivity contribution in [2.75, 3.05) is 6.54 Å². The van der Waals surface area contributed by atoms with Gasteiger partial charge in [0.2, 0.25) is 10.0 Å². The molecule has 2 N–H and O–H groups in total. The number of carbonyl (C=O) groups is 1. The Labute approximate surface area is 153 Å². The van der Waals surface area contributed by atoms with Gasteiger partial charge in [0.15, 0.2) is 0 Å². The number of amides is 1. The van der Waals surface area contributed by atoms with Crippen LogP contribution in [0.4, 0.5) is 0 Å². The zero-order chi connectivity index (χ0) is 18.3. The number of fused-ring (bicyclic) bond motifs is 2. The van der Waals surface area contributed by atoms with Gasteiger partial charge in [-0.25, -0.2) is 13.1 Å². The first-order valence-corrected chi connectivity index (χ1v) is 10.5. The second-order valence-electron chi connectivity index (χ2n) is 7.09. The summed E-state index contributed by atoms with van der Waals surface area (Å²) in [6.45, 7) is 2.61. The standard InChI is InChI=1S/C20H22N2O3S/c1-13-5-6-14-3-2-4-19(17(14)11-13)22-26(24,25)16-8-7-15-9-10-21-20(23)18(15)12-16/h5-8,11-12,19,22H,2-4,9-10H2,1H3,(H,21,23)/t19-/m1/s1. The van der Waals surface area contributed by atoms with Crippen LogP contribution in [0.15, 0.2) is 41.3 Å². The van der Waals surface area contributed by atoms with Crippen LogP contribution in [0.3, 0.4) is 0 Å². The summed E-state index contributed by atoms with van der Waals surface area (Å²) in [6, 6.07) is 10.8. The van der Waals surface area contributed by atoms with Crippen LogP contribution < -0.4 is 10.0 Å². The molecule has 0 bridgehead atoms. The molecule has 1 aliphatic heterocycles. The SMILES string of the molecule is Cc1ccc2c(c1)[C@H](NS(=O)(=O)c1ccc3c(c1)C(=O)NCC3)CCC2. The molecule has 0 fully saturated rings. The molecule has 0 aromatic heterocycles. The summed E-state index contributed by atoms with van der Waals surface area (Å²) < 4.78 is 28.7. The Morgan fingerprint density at radius 2 is 1.88 bits per heavy atom. The quantitative estimate of drug-likeness (QED) is 0.872. The highest BCUT2D eigenvalue weighted by molar-refractivity contribution is 7.89. The lowest BCUT2D eigenvalue weighted by Gasteiger charge is -2.27. The van der Waals surface area contributed by atoms with E-state index >= 15 is 0 Å². The maximum Gasteiger partial charge on any atom is 0.251 e. The van der Waals surface area contributed by atoms with Gasteiger partial charge in [-0.05, 0) is 61.4 Å². The minimum Gasteiger partial charge on any atom is -0.352 e. The molecule has 0 spiro atoms. The van der Waals surface area contributed by atoms with E-state index in [-0.39, 0.29) is 16.8 Å². The number of benzene rings is 2. The van der Waals surface area contributed by atoms with Gasteiger partial charge in [0.05, 0.1) is 4.90 Å². The van der Waals surface area contributed by atoms with E-state index in [0.717, 1.165) is 42.4 Å². The first kappa shape index (κ1) is 17.2. The van der Waals surface area contributed by atoms with Crippen molar-refractivity contribution in [3.63, 3.8) is 0 Å². The Morgan fingerprint density at radius 1 is 1.08 bits per heavy atom. The molecular weight excluding hydrogens is 348 g/mol. The fraction of sp³-hybridized carbons (Fsp3) is 0.350. The molecule has 26 heavy (non-hydrogen) atoms.